The van der Waals surface area contributed by atoms with Gasteiger partial charge in [-0.1, -0.05) is 56.9 Å². The average molecular weight is 485 g/mol. The van der Waals surface area contributed by atoms with Gasteiger partial charge >= 0.3 is 0 Å². The lowest BCUT2D eigenvalue weighted by molar-refractivity contribution is 0.293. The minimum absolute atomic E-state index is 0.0264. The van der Waals surface area contributed by atoms with Crippen LogP contribution in [0.25, 0.3) is 11.1 Å². The Balaban J connectivity index is 1.60. The Labute approximate surface area is 205 Å². The molecule has 1 saturated carbocycles. The average Bonchev–Trinajstić information content (AvgIpc) is 2.85. The second-order valence-electron chi connectivity index (χ2n) is 9.67. The quantitative estimate of drug-likeness (QED) is 0.228. The van der Waals surface area contributed by atoms with Crippen molar-refractivity contribution in [3.05, 3.63) is 82.9 Å². The summed E-state index contributed by atoms with van der Waals surface area (Å²) in [6.45, 7) is 3.80. The highest BCUT2D eigenvalue weighted by molar-refractivity contribution is 5.71. The Bertz CT molecular complexity index is 1170. The molecule has 1 nitrogen and oxygen atoms in total. The number of rotatable bonds is 8. The van der Waals surface area contributed by atoms with E-state index < -0.39 is 23.3 Å². The van der Waals surface area contributed by atoms with Crippen molar-refractivity contribution in [2.24, 2.45) is 5.92 Å². The molecule has 3 aromatic rings. The Kier molecular flexibility index (Phi) is 8.15. The first kappa shape index (κ1) is 25.3. The maximum Gasteiger partial charge on any atom is 0.172 e. The SMILES string of the molecule is CCCCCC1CCC(c2c(F)cc(C)c(Oc3ccccc3-c3ccc(F)c(F)c3)c2F)CC1. The van der Waals surface area contributed by atoms with Gasteiger partial charge in [0.25, 0.3) is 0 Å². The van der Waals surface area contributed by atoms with Gasteiger partial charge in [-0.15, -0.1) is 0 Å². The molecular formula is C30H32F4O. The van der Waals surface area contributed by atoms with Gasteiger partial charge in [-0.3, -0.25) is 0 Å². The molecule has 1 aliphatic rings. The highest BCUT2D eigenvalue weighted by Gasteiger charge is 2.29. The molecule has 0 unspecified atom stereocenters. The third kappa shape index (κ3) is 5.71. The minimum atomic E-state index is -0.978. The first-order valence-electron chi connectivity index (χ1n) is 12.6. The normalized spacial score (nSPS) is 18.0. The molecule has 0 aliphatic heterocycles. The number of aryl methyl sites for hydroxylation is 1. The second-order valence-corrected chi connectivity index (χ2v) is 9.67. The number of ether oxygens (including phenoxy) is 1. The van der Waals surface area contributed by atoms with Crippen molar-refractivity contribution in [3.8, 4) is 22.6 Å². The molecule has 4 rings (SSSR count). The lowest BCUT2D eigenvalue weighted by Crippen LogP contribution is -2.16. The molecule has 35 heavy (non-hydrogen) atoms. The largest absolute Gasteiger partial charge is 0.453 e. The van der Waals surface area contributed by atoms with Crippen LogP contribution in [0.5, 0.6) is 11.5 Å². The lowest BCUT2D eigenvalue weighted by atomic mass is 9.76. The Morgan fingerprint density at radius 1 is 0.829 bits per heavy atom. The van der Waals surface area contributed by atoms with Gasteiger partial charge in [0.05, 0.1) is 0 Å². The summed E-state index contributed by atoms with van der Waals surface area (Å²) in [6.07, 6.45) is 8.32. The van der Waals surface area contributed by atoms with Crippen LogP contribution >= 0.6 is 0 Å². The summed E-state index contributed by atoms with van der Waals surface area (Å²) in [7, 11) is 0. The molecule has 0 atom stereocenters. The molecule has 0 radical (unpaired) electrons. The van der Waals surface area contributed by atoms with Crippen LogP contribution in [0.15, 0.2) is 48.5 Å². The molecule has 0 N–H and O–H groups in total. The van der Waals surface area contributed by atoms with Gasteiger partial charge in [-0.05, 0) is 79.8 Å². The van der Waals surface area contributed by atoms with Crippen molar-refractivity contribution in [3.63, 3.8) is 0 Å². The number of hydrogen-bond acceptors (Lipinski definition) is 1. The Hall–Kier alpha value is -2.82. The fraction of sp³-hybridized carbons (Fsp3) is 0.400. The Morgan fingerprint density at radius 2 is 1.57 bits per heavy atom. The highest BCUT2D eigenvalue weighted by atomic mass is 19.2. The van der Waals surface area contributed by atoms with Gasteiger partial charge in [-0.25, -0.2) is 17.6 Å². The predicted molar refractivity (Wildman–Crippen MR) is 132 cm³/mol. The van der Waals surface area contributed by atoms with E-state index in [1.54, 1.807) is 31.2 Å². The van der Waals surface area contributed by atoms with Crippen molar-refractivity contribution in [1.82, 2.24) is 0 Å². The third-order valence-electron chi connectivity index (χ3n) is 7.20. The fourth-order valence-electron chi connectivity index (χ4n) is 5.22. The van der Waals surface area contributed by atoms with Gasteiger partial charge in [0, 0.05) is 11.1 Å². The molecule has 3 aromatic carbocycles. The number of para-hydroxylation sites is 1. The van der Waals surface area contributed by atoms with Crippen LogP contribution < -0.4 is 4.74 Å². The van der Waals surface area contributed by atoms with E-state index in [9.17, 15) is 8.78 Å². The van der Waals surface area contributed by atoms with Crippen molar-refractivity contribution < 1.29 is 22.3 Å². The molecule has 0 saturated heterocycles. The van der Waals surface area contributed by atoms with E-state index in [2.05, 4.69) is 6.92 Å². The second kappa shape index (κ2) is 11.3. The van der Waals surface area contributed by atoms with E-state index in [1.165, 1.54) is 37.8 Å². The van der Waals surface area contributed by atoms with E-state index >= 15 is 8.78 Å². The van der Waals surface area contributed by atoms with Crippen LogP contribution in [0.3, 0.4) is 0 Å². The molecule has 1 aliphatic carbocycles. The van der Waals surface area contributed by atoms with Gasteiger partial charge in [-0.2, -0.15) is 0 Å². The highest BCUT2D eigenvalue weighted by Crippen LogP contribution is 2.44. The van der Waals surface area contributed by atoms with E-state index in [0.29, 0.717) is 22.6 Å². The van der Waals surface area contributed by atoms with E-state index in [-0.39, 0.29) is 23.0 Å². The summed E-state index contributed by atoms with van der Waals surface area (Å²) >= 11 is 0. The van der Waals surface area contributed by atoms with Crippen LogP contribution in [0.1, 0.15) is 75.3 Å². The molecule has 1 fully saturated rings. The topological polar surface area (TPSA) is 9.23 Å². The van der Waals surface area contributed by atoms with Gasteiger partial charge in [0.1, 0.15) is 11.6 Å². The summed E-state index contributed by atoms with van der Waals surface area (Å²) in [5, 5.41) is 0. The first-order valence-corrected chi connectivity index (χ1v) is 12.6. The monoisotopic (exact) mass is 484 g/mol. The van der Waals surface area contributed by atoms with Crippen molar-refractivity contribution in [2.45, 2.75) is 71.1 Å². The molecule has 0 amide bonds. The maximum absolute atomic E-state index is 15.8. The van der Waals surface area contributed by atoms with Crippen molar-refractivity contribution >= 4 is 0 Å². The molecule has 0 spiro atoms. The third-order valence-corrected chi connectivity index (χ3v) is 7.20. The molecule has 0 bridgehead atoms. The molecule has 0 heterocycles. The van der Waals surface area contributed by atoms with Crippen LogP contribution in [-0.2, 0) is 0 Å². The number of unbranched alkanes of at least 4 members (excludes halogenated alkanes) is 2. The van der Waals surface area contributed by atoms with Gasteiger partial charge in [0.2, 0.25) is 0 Å². The smallest absolute Gasteiger partial charge is 0.172 e. The van der Waals surface area contributed by atoms with Gasteiger partial charge in [0.15, 0.2) is 23.2 Å². The molecule has 186 valence electrons. The van der Waals surface area contributed by atoms with E-state index in [1.807, 2.05) is 0 Å². The maximum atomic E-state index is 15.8. The van der Waals surface area contributed by atoms with Crippen LogP contribution in [-0.4, -0.2) is 0 Å². The zero-order chi connectivity index (χ0) is 24.9. The van der Waals surface area contributed by atoms with Crippen LogP contribution in [0.4, 0.5) is 17.6 Å². The number of halogens is 4. The fourth-order valence-corrected chi connectivity index (χ4v) is 5.22. The van der Waals surface area contributed by atoms with Crippen molar-refractivity contribution in [1.29, 1.82) is 0 Å². The Morgan fingerprint density at radius 3 is 2.29 bits per heavy atom. The summed E-state index contributed by atoms with van der Waals surface area (Å²) < 4.78 is 64.1. The zero-order valence-electron chi connectivity index (χ0n) is 20.4. The van der Waals surface area contributed by atoms with Gasteiger partial charge < -0.3 is 4.74 Å². The summed E-state index contributed by atoms with van der Waals surface area (Å²) in [5.74, 6) is -2.41. The summed E-state index contributed by atoms with van der Waals surface area (Å²) in [4.78, 5) is 0. The number of hydrogen-bond donors (Lipinski definition) is 0. The van der Waals surface area contributed by atoms with Crippen LogP contribution in [0.2, 0.25) is 0 Å². The number of benzene rings is 3. The first-order chi connectivity index (χ1) is 16.9. The van der Waals surface area contributed by atoms with E-state index in [0.717, 1.165) is 37.8 Å². The molecule has 0 aromatic heterocycles. The van der Waals surface area contributed by atoms with Crippen molar-refractivity contribution in [2.75, 3.05) is 0 Å². The lowest BCUT2D eigenvalue weighted by Gasteiger charge is -2.30. The van der Waals surface area contributed by atoms with Crippen LogP contribution in [0, 0.1) is 36.1 Å². The summed E-state index contributed by atoms with van der Waals surface area (Å²) in [5.41, 5.74) is 1.34. The molecular weight excluding hydrogens is 452 g/mol. The predicted octanol–water partition coefficient (Wildman–Crippen LogP) is 9.86. The van der Waals surface area contributed by atoms with E-state index in [4.69, 9.17) is 4.74 Å². The summed E-state index contributed by atoms with van der Waals surface area (Å²) in [6, 6.07) is 11.7. The minimum Gasteiger partial charge on any atom is -0.453 e. The molecule has 5 heteroatoms. The zero-order valence-corrected chi connectivity index (χ0v) is 20.4. The standard InChI is InChI=1S/C30H32F4O/c1-3-4-5-8-20-11-13-21(14-12-20)28-26(33)17-19(2)30(29(28)34)35-27-10-7-6-9-23(27)22-15-16-24(31)25(32)18-22/h6-7,9-10,15-18,20-21H,3-5,8,11-14H2,1-2H3.